The molecule has 14 heavy (non-hydrogen) atoms. The van der Waals surface area contributed by atoms with E-state index < -0.39 is 0 Å². The van der Waals surface area contributed by atoms with E-state index in [9.17, 15) is 4.79 Å². The zero-order chi connectivity index (χ0) is 10.4. The highest BCUT2D eigenvalue weighted by atomic mass is 16.5. The number of hydrogen-bond donors (Lipinski definition) is 0. The molecule has 0 bridgehead atoms. The van der Waals surface area contributed by atoms with Crippen LogP contribution in [-0.4, -0.2) is 24.8 Å². The van der Waals surface area contributed by atoms with Gasteiger partial charge in [-0.25, -0.2) is 4.79 Å². The third-order valence-corrected chi connectivity index (χ3v) is 2.40. The lowest BCUT2D eigenvalue weighted by Crippen LogP contribution is -1.98. The molecular formula is C11H17NO2. The van der Waals surface area contributed by atoms with Crippen molar-refractivity contribution in [3.8, 4) is 0 Å². The average Bonchev–Trinajstić information content (AvgIpc) is 2.65. The molecule has 1 atom stereocenters. The van der Waals surface area contributed by atoms with Gasteiger partial charge in [-0.2, -0.15) is 0 Å². The molecule has 0 unspecified atom stereocenters. The van der Waals surface area contributed by atoms with E-state index >= 15 is 0 Å². The maximum atomic E-state index is 10.8. The van der Waals surface area contributed by atoms with Gasteiger partial charge in [0.2, 0.25) is 0 Å². The van der Waals surface area contributed by atoms with Gasteiger partial charge in [-0.3, -0.25) is 4.99 Å². The Balaban J connectivity index is 2.30. The zero-order valence-electron chi connectivity index (χ0n) is 8.82. The van der Waals surface area contributed by atoms with Crippen molar-refractivity contribution in [1.29, 1.82) is 0 Å². The first-order chi connectivity index (χ1) is 6.76. The molecule has 0 aromatic carbocycles. The van der Waals surface area contributed by atoms with Gasteiger partial charge in [-0.15, -0.1) is 0 Å². The first-order valence-electron chi connectivity index (χ1n) is 5.06. The van der Waals surface area contributed by atoms with E-state index in [1.165, 1.54) is 18.9 Å². The second kappa shape index (κ2) is 5.58. The molecule has 3 heteroatoms. The Morgan fingerprint density at radius 1 is 1.71 bits per heavy atom. The molecule has 0 radical (unpaired) electrons. The normalized spacial score (nSPS) is 21.3. The number of esters is 1. The van der Waals surface area contributed by atoms with Crippen LogP contribution < -0.4 is 0 Å². The van der Waals surface area contributed by atoms with Crippen LogP contribution in [0, 0.1) is 0 Å². The molecule has 0 aliphatic carbocycles. The Morgan fingerprint density at radius 2 is 2.50 bits per heavy atom. The van der Waals surface area contributed by atoms with Crippen LogP contribution >= 0.6 is 0 Å². The fourth-order valence-corrected chi connectivity index (χ4v) is 1.55. The number of rotatable bonds is 4. The zero-order valence-corrected chi connectivity index (χ0v) is 8.82. The van der Waals surface area contributed by atoms with Crippen LogP contribution in [0.15, 0.2) is 17.1 Å². The monoisotopic (exact) mass is 195 g/mol. The number of hydrogen-bond acceptors (Lipinski definition) is 3. The van der Waals surface area contributed by atoms with Crippen molar-refractivity contribution in [3.63, 3.8) is 0 Å². The van der Waals surface area contributed by atoms with Gasteiger partial charge >= 0.3 is 5.97 Å². The van der Waals surface area contributed by atoms with Crippen molar-refractivity contribution in [1.82, 2.24) is 0 Å². The molecule has 0 spiro atoms. The Labute approximate surface area is 84.9 Å². The quantitative estimate of drug-likeness (QED) is 0.509. The summed E-state index contributed by atoms with van der Waals surface area (Å²) in [5.41, 5.74) is 1.31. The lowest BCUT2D eigenvalue weighted by molar-refractivity contribution is -0.134. The van der Waals surface area contributed by atoms with Gasteiger partial charge in [0.1, 0.15) is 0 Å². The van der Waals surface area contributed by atoms with Crippen LogP contribution in [0.3, 0.4) is 0 Å². The van der Waals surface area contributed by atoms with Gasteiger partial charge in [-0.1, -0.05) is 13.0 Å². The van der Waals surface area contributed by atoms with Gasteiger partial charge < -0.3 is 4.74 Å². The van der Waals surface area contributed by atoms with Gasteiger partial charge in [0.05, 0.1) is 13.2 Å². The molecular weight excluding hydrogens is 178 g/mol. The summed E-state index contributed by atoms with van der Waals surface area (Å²) in [6, 6.07) is 0.380. The van der Waals surface area contributed by atoms with Crippen LogP contribution in [0.1, 0.15) is 32.6 Å². The largest absolute Gasteiger partial charge is 0.466 e. The highest BCUT2D eigenvalue weighted by Gasteiger charge is 2.14. The minimum atomic E-state index is -0.289. The number of carbonyl (C=O) groups excluding carboxylic acids is 1. The summed E-state index contributed by atoms with van der Waals surface area (Å²) in [5.74, 6) is -0.289. The Bertz CT molecular complexity index is 256. The summed E-state index contributed by atoms with van der Waals surface area (Å²) in [6.07, 6.45) is 7.45. The second-order valence-corrected chi connectivity index (χ2v) is 3.40. The molecule has 0 fully saturated rings. The minimum absolute atomic E-state index is 0.289. The SMILES string of the molecule is CCC1=N[C@H](C/C=C/C(=O)OC)CC1. The third kappa shape index (κ3) is 3.32. The Hall–Kier alpha value is -1.12. The molecule has 78 valence electrons. The molecule has 1 aliphatic heterocycles. The number of ether oxygens (including phenoxy) is 1. The van der Waals surface area contributed by atoms with Crippen molar-refractivity contribution < 1.29 is 9.53 Å². The summed E-state index contributed by atoms with van der Waals surface area (Å²) in [4.78, 5) is 15.3. The summed E-state index contributed by atoms with van der Waals surface area (Å²) in [7, 11) is 1.38. The van der Waals surface area contributed by atoms with Crippen LogP contribution in [0.2, 0.25) is 0 Å². The van der Waals surface area contributed by atoms with E-state index in [1.54, 1.807) is 0 Å². The van der Waals surface area contributed by atoms with E-state index in [0.29, 0.717) is 6.04 Å². The molecule has 0 aromatic rings. The molecule has 0 N–H and O–H groups in total. The average molecular weight is 195 g/mol. The predicted molar refractivity (Wildman–Crippen MR) is 56.5 cm³/mol. The van der Waals surface area contributed by atoms with Gasteiger partial charge in [0.25, 0.3) is 0 Å². The van der Waals surface area contributed by atoms with Gasteiger partial charge in [-0.05, 0) is 25.7 Å². The number of carbonyl (C=O) groups is 1. The second-order valence-electron chi connectivity index (χ2n) is 3.40. The first-order valence-corrected chi connectivity index (χ1v) is 5.06. The van der Waals surface area contributed by atoms with E-state index in [0.717, 1.165) is 25.7 Å². The topological polar surface area (TPSA) is 38.7 Å². The Kier molecular flexibility index (Phi) is 4.36. The van der Waals surface area contributed by atoms with Crippen LogP contribution in [0.5, 0.6) is 0 Å². The van der Waals surface area contributed by atoms with Crippen molar-refractivity contribution >= 4 is 11.7 Å². The summed E-state index contributed by atoms with van der Waals surface area (Å²) < 4.78 is 4.50. The maximum Gasteiger partial charge on any atom is 0.330 e. The standard InChI is InChI=1S/C11H17NO2/c1-3-9-7-8-10(12-9)5-4-6-11(13)14-2/h4,6,10H,3,5,7-8H2,1-2H3/b6-4+/t10-/m1/s1. The molecule has 3 nitrogen and oxygen atoms in total. The number of aliphatic imine (C=N–C) groups is 1. The molecule has 0 saturated heterocycles. The van der Waals surface area contributed by atoms with Gasteiger partial charge in [0, 0.05) is 11.8 Å². The molecule has 1 rings (SSSR count). The summed E-state index contributed by atoms with van der Waals surface area (Å²) in [6.45, 7) is 2.13. The van der Waals surface area contributed by atoms with Gasteiger partial charge in [0.15, 0.2) is 0 Å². The highest BCUT2D eigenvalue weighted by Crippen LogP contribution is 2.18. The van der Waals surface area contributed by atoms with E-state index in [1.807, 2.05) is 6.08 Å². The minimum Gasteiger partial charge on any atom is -0.466 e. The highest BCUT2D eigenvalue weighted by molar-refractivity contribution is 5.86. The fourth-order valence-electron chi connectivity index (χ4n) is 1.55. The molecule has 1 heterocycles. The molecule has 0 amide bonds. The lowest BCUT2D eigenvalue weighted by Gasteiger charge is -2.00. The van der Waals surface area contributed by atoms with Crippen molar-refractivity contribution in [2.45, 2.75) is 38.6 Å². The molecule has 1 aliphatic rings. The third-order valence-electron chi connectivity index (χ3n) is 2.40. The summed E-state index contributed by atoms with van der Waals surface area (Å²) in [5, 5.41) is 0. The van der Waals surface area contributed by atoms with Crippen molar-refractivity contribution in [3.05, 3.63) is 12.2 Å². The van der Waals surface area contributed by atoms with Crippen LogP contribution in [0.25, 0.3) is 0 Å². The number of nitrogens with zero attached hydrogens (tertiary/aromatic N) is 1. The maximum absolute atomic E-state index is 10.8. The van der Waals surface area contributed by atoms with Crippen molar-refractivity contribution in [2.75, 3.05) is 7.11 Å². The number of methoxy groups -OCH3 is 1. The fraction of sp³-hybridized carbons (Fsp3) is 0.636. The predicted octanol–water partition coefficient (Wildman–Crippen LogP) is 2.12. The Morgan fingerprint density at radius 3 is 3.07 bits per heavy atom. The lowest BCUT2D eigenvalue weighted by atomic mass is 10.1. The van der Waals surface area contributed by atoms with E-state index in [-0.39, 0.29) is 5.97 Å². The summed E-state index contributed by atoms with van der Waals surface area (Å²) >= 11 is 0. The van der Waals surface area contributed by atoms with Crippen LogP contribution in [0.4, 0.5) is 0 Å². The van der Waals surface area contributed by atoms with E-state index in [2.05, 4.69) is 16.7 Å². The van der Waals surface area contributed by atoms with Crippen molar-refractivity contribution in [2.24, 2.45) is 4.99 Å². The smallest absolute Gasteiger partial charge is 0.330 e. The first kappa shape index (κ1) is 11.0. The van der Waals surface area contributed by atoms with E-state index in [4.69, 9.17) is 0 Å². The molecule has 0 saturated carbocycles. The molecule has 0 aromatic heterocycles. The van der Waals surface area contributed by atoms with Crippen LogP contribution in [-0.2, 0) is 9.53 Å².